The first-order valence-corrected chi connectivity index (χ1v) is 12.9. The van der Waals surface area contributed by atoms with Gasteiger partial charge in [0.1, 0.15) is 6.54 Å². The highest BCUT2D eigenvalue weighted by atomic mass is 35.5. The van der Waals surface area contributed by atoms with Crippen molar-refractivity contribution in [2.24, 2.45) is 0 Å². The average Bonchev–Trinajstić information content (AvgIpc) is 2.77. The number of rotatable bonds is 8. The van der Waals surface area contributed by atoms with E-state index in [9.17, 15) is 18.0 Å². The molecule has 35 heavy (non-hydrogen) atoms. The molecule has 0 aliphatic heterocycles. The van der Waals surface area contributed by atoms with Crippen LogP contribution in [-0.2, 0) is 19.6 Å². The molecule has 1 amide bonds. The lowest BCUT2D eigenvalue weighted by Gasteiger charge is -2.24. The van der Waals surface area contributed by atoms with E-state index in [1.165, 1.54) is 48.5 Å². The number of halogens is 3. The van der Waals surface area contributed by atoms with E-state index in [2.05, 4.69) is 5.32 Å². The summed E-state index contributed by atoms with van der Waals surface area (Å²) in [5, 5.41) is 3.08. The molecule has 0 heterocycles. The third-order valence-electron chi connectivity index (χ3n) is 4.78. The van der Waals surface area contributed by atoms with Gasteiger partial charge in [-0.15, -0.1) is 0 Å². The topological polar surface area (TPSA) is 92.8 Å². The largest absolute Gasteiger partial charge is 0.462 e. The van der Waals surface area contributed by atoms with Gasteiger partial charge >= 0.3 is 5.97 Å². The molecular weight excluding hydrogens is 535 g/mol. The number of carbonyl (C=O) groups excluding carboxylic acids is 2. The van der Waals surface area contributed by atoms with Crippen LogP contribution in [0.25, 0.3) is 0 Å². The summed E-state index contributed by atoms with van der Waals surface area (Å²) < 4.78 is 32.8. The van der Waals surface area contributed by atoms with Crippen molar-refractivity contribution in [2.45, 2.75) is 18.7 Å². The quantitative estimate of drug-likeness (QED) is 0.346. The first-order valence-electron chi connectivity index (χ1n) is 10.3. The first-order chi connectivity index (χ1) is 16.5. The zero-order valence-corrected chi connectivity index (χ0v) is 21.8. The molecular formula is C24H21Cl3N2O5S. The molecule has 0 fully saturated rings. The number of amides is 1. The van der Waals surface area contributed by atoms with Crippen molar-refractivity contribution in [1.82, 2.24) is 0 Å². The molecule has 0 saturated carbocycles. The Kier molecular flexibility index (Phi) is 8.66. The van der Waals surface area contributed by atoms with E-state index in [1.54, 1.807) is 19.1 Å². The van der Waals surface area contributed by atoms with Crippen LogP contribution in [0.5, 0.6) is 0 Å². The number of ether oxygens (including phenoxy) is 1. The Morgan fingerprint density at radius 3 is 2.14 bits per heavy atom. The molecule has 0 spiro atoms. The molecule has 11 heteroatoms. The van der Waals surface area contributed by atoms with Gasteiger partial charge in [-0.1, -0.05) is 52.5 Å². The smallest absolute Gasteiger partial charge is 0.339 e. The molecule has 0 radical (unpaired) electrons. The van der Waals surface area contributed by atoms with E-state index in [1.807, 2.05) is 6.92 Å². The minimum atomic E-state index is -4.16. The molecule has 0 aliphatic rings. The lowest BCUT2D eigenvalue weighted by molar-refractivity contribution is -0.114. The van der Waals surface area contributed by atoms with Gasteiger partial charge in [-0.05, 0) is 62.4 Å². The van der Waals surface area contributed by atoms with Gasteiger partial charge in [-0.3, -0.25) is 9.10 Å². The highest BCUT2D eigenvalue weighted by Gasteiger charge is 2.28. The molecule has 0 unspecified atom stereocenters. The molecule has 0 atom stereocenters. The standard InChI is InChI=1S/C24H21Cl3N2O5S/c1-3-34-24(31)21-9-6-18(13-22(21)27)28-23(30)14-29(19-11-16(25)10-17(26)12-19)35(32,33)20-7-4-15(2)5-8-20/h4-13H,3,14H2,1-2H3,(H,28,30). The van der Waals surface area contributed by atoms with E-state index in [0.717, 1.165) is 9.87 Å². The molecule has 0 aliphatic carbocycles. The number of hydrogen-bond donors (Lipinski definition) is 1. The fourth-order valence-electron chi connectivity index (χ4n) is 3.13. The maximum absolute atomic E-state index is 13.5. The number of hydrogen-bond acceptors (Lipinski definition) is 5. The number of aryl methyl sites for hydroxylation is 1. The SMILES string of the molecule is CCOC(=O)c1ccc(NC(=O)CN(c2cc(Cl)cc(Cl)c2)S(=O)(=O)c2ccc(C)cc2)cc1Cl. The van der Waals surface area contributed by atoms with Gasteiger partial charge in [-0.25, -0.2) is 13.2 Å². The highest BCUT2D eigenvalue weighted by Crippen LogP contribution is 2.30. The van der Waals surface area contributed by atoms with E-state index in [4.69, 9.17) is 39.5 Å². The van der Waals surface area contributed by atoms with Gasteiger partial charge in [0.2, 0.25) is 5.91 Å². The molecule has 3 aromatic rings. The normalized spacial score (nSPS) is 11.1. The van der Waals surface area contributed by atoms with Crippen LogP contribution in [0.3, 0.4) is 0 Å². The summed E-state index contributed by atoms with van der Waals surface area (Å²) in [4.78, 5) is 24.8. The minimum absolute atomic E-state index is 0.00571. The average molecular weight is 556 g/mol. The highest BCUT2D eigenvalue weighted by molar-refractivity contribution is 7.92. The number of benzene rings is 3. The minimum Gasteiger partial charge on any atom is -0.462 e. The summed E-state index contributed by atoms with van der Waals surface area (Å²) in [6, 6.07) is 14.7. The number of carbonyl (C=O) groups is 2. The van der Waals surface area contributed by atoms with Gasteiger partial charge in [0.25, 0.3) is 10.0 Å². The van der Waals surface area contributed by atoms with Crippen LogP contribution < -0.4 is 9.62 Å². The van der Waals surface area contributed by atoms with E-state index in [0.29, 0.717) is 0 Å². The van der Waals surface area contributed by atoms with Crippen molar-refractivity contribution in [2.75, 3.05) is 22.8 Å². The van der Waals surface area contributed by atoms with Crippen molar-refractivity contribution in [3.63, 3.8) is 0 Å². The molecule has 3 aromatic carbocycles. The van der Waals surface area contributed by atoms with Crippen LogP contribution >= 0.6 is 34.8 Å². The van der Waals surface area contributed by atoms with Crippen LogP contribution in [0.1, 0.15) is 22.8 Å². The Morgan fingerprint density at radius 2 is 1.57 bits per heavy atom. The first kappa shape index (κ1) is 26.8. The Morgan fingerprint density at radius 1 is 0.943 bits per heavy atom. The van der Waals surface area contributed by atoms with Crippen molar-refractivity contribution < 1.29 is 22.7 Å². The fraction of sp³-hybridized carbons (Fsp3) is 0.167. The van der Waals surface area contributed by atoms with Crippen molar-refractivity contribution >= 4 is 68.1 Å². The molecule has 184 valence electrons. The molecule has 0 saturated heterocycles. The third kappa shape index (κ3) is 6.67. The monoisotopic (exact) mass is 554 g/mol. The van der Waals surface area contributed by atoms with Crippen molar-refractivity contribution in [3.05, 3.63) is 86.9 Å². The van der Waals surface area contributed by atoms with Crippen LogP contribution in [0.4, 0.5) is 11.4 Å². The second kappa shape index (κ2) is 11.3. The number of esters is 1. The number of sulfonamides is 1. The van der Waals surface area contributed by atoms with E-state index in [-0.39, 0.29) is 43.5 Å². The van der Waals surface area contributed by atoms with Gasteiger partial charge in [0.15, 0.2) is 0 Å². The van der Waals surface area contributed by atoms with Crippen LogP contribution in [0.2, 0.25) is 15.1 Å². The summed E-state index contributed by atoms with van der Waals surface area (Å²) in [7, 11) is -4.16. The Bertz CT molecular complexity index is 1340. The molecule has 3 rings (SSSR count). The van der Waals surface area contributed by atoms with Gasteiger partial charge in [0, 0.05) is 15.7 Å². The Labute approximate surface area is 218 Å². The summed E-state index contributed by atoms with van der Waals surface area (Å²) in [5.74, 6) is -1.25. The molecule has 0 aromatic heterocycles. The predicted molar refractivity (Wildman–Crippen MR) is 138 cm³/mol. The zero-order chi connectivity index (χ0) is 25.8. The maximum atomic E-state index is 13.5. The summed E-state index contributed by atoms with van der Waals surface area (Å²) >= 11 is 18.4. The summed E-state index contributed by atoms with van der Waals surface area (Å²) in [5.41, 5.74) is 1.41. The fourth-order valence-corrected chi connectivity index (χ4v) is 5.31. The van der Waals surface area contributed by atoms with E-state index >= 15 is 0 Å². The predicted octanol–water partition coefficient (Wildman–Crippen LogP) is 5.97. The van der Waals surface area contributed by atoms with Gasteiger partial charge in [-0.2, -0.15) is 0 Å². The summed E-state index contributed by atoms with van der Waals surface area (Å²) in [6.07, 6.45) is 0. The Hall–Kier alpha value is -2.78. The van der Waals surface area contributed by atoms with Crippen molar-refractivity contribution in [3.8, 4) is 0 Å². The molecule has 1 N–H and O–H groups in total. The van der Waals surface area contributed by atoms with Gasteiger partial charge < -0.3 is 10.1 Å². The number of anilines is 2. The van der Waals surface area contributed by atoms with Crippen LogP contribution in [0, 0.1) is 6.92 Å². The molecule has 7 nitrogen and oxygen atoms in total. The third-order valence-corrected chi connectivity index (χ3v) is 7.32. The van der Waals surface area contributed by atoms with Gasteiger partial charge in [0.05, 0.1) is 27.8 Å². The summed E-state index contributed by atoms with van der Waals surface area (Å²) in [6.45, 7) is 3.11. The second-order valence-electron chi connectivity index (χ2n) is 7.42. The lowest BCUT2D eigenvalue weighted by Crippen LogP contribution is -2.38. The van der Waals surface area contributed by atoms with Crippen molar-refractivity contribution in [1.29, 1.82) is 0 Å². The van der Waals surface area contributed by atoms with E-state index < -0.39 is 28.4 Å². The van der Waals surface area contributed by atoms with Crippen LogP contribution in [0.15, 0.2) is 65.6 Å². The maximum Gasteiger partial charge on any atom is 0.339 e. The number of nitrogens with zero attached hydrogens (tertiary/aromatic N) is 1. The number of nitrogens with one attached hydrogen (secondary N) is 1. The molecule has 0 bridgehead atoms. The Balaban J connectivity index is 1.92. The lowest BCUT2D eigenvalue weighted by atomic mass is 10.2. The second-order valence-corrected chi connectivity index (χ2v) is 10.6. The zero-order valence-electron chi connectivity index (χ0n) is 18.7. The van der Waals surface area contributed by atoms with Crippen LogP contribution in [-0.4, -0.2) is 33.4 Å².